The van der Waals surface area contributed by atoms with E-state index in [0.717, 1.165) is 11.8 Å². The van der Waals surface area contributed by atoms with Crippen molar-refractivity contribution in [3.05, 3.63) is 52.4 Å². The molecule has 1 amide bonds. The maximum atomic E-state index is 12.2. The Kier molecular flexibility index (Phi) is 3.66. The van der Waals surface area contributed by atoms with E-state index in [-0.39, 0.29) is 11.9 Å². The molecule has 1 aromatic carbocycles. The minimum atomic E-state index is -0.201. The molecule has 0 spiro atoms. The lowest BCUT2D eigenvalue weighted by molar-refractivity contribution is 0.0914. The number of benzene rings is 1. The normalized spacial score (nSPS) is 12.4. The van der Waals surface area contributed by atoms with E-state index < -0.39 is 0 Å². The van der Waals surface area contributed by atoms with Crippen molar-refractivity contribution >= 4 is 33.9 Å². The van der Waals surface area contributed by atoms with Gasteiger partial charge in [0.2, 0.25) is 0 Å². The van der Waals surface area contributed by atoms with Crippen molar-refractivity contribution in [2.24, 2.45) is 0 Å². The van der Waals surface area contributed by atoms with E-state index in [0.29, 0.717) is 17.0 Å². The molecule has 2 aromatic heterocycles. The fourth-order valence-corrected chi connectivity index (χ4v) is 2.96. The van der Waals surface area contributed by atoms with E-state index in [1.807, 2.05) is 12.3 Å². The minimum absolute atomic E-state index is 0.0466. The molecule has 0 saturated carbocycles. The number of hydrogen-bond acceptors (Lipinski definition) is 4. The second-order valence-corrected chi connectivity index (χ2v) is 5.90. The topological polar surface area (TPSA) is 68.3 Å². The van der Waals surface area contributed by atoms with Crippen LogP contribution in [0.3, 0.4) is 0 Å². The zero-order valence-corrected chi connectivity index (χ0v) is 12.4. The van der Waals surface area contributed by atoms with Crippen molar-refractivity contribution in [1.29, 1.82) is 0 Å². The summed E-state index contributed by atoms with van der Waals surface area (Å²) in [7, 11) is 0. The van der Waals surface area contributed by atoms with E-state index in [1.54, 1.807) is 35.6 Å². The molecule has 5 heteroatoms. The summed E-state index contributed by atoms with van der Waals surface area (Å²) in [4.78, 5) is 12.2. The van der Waals surface area contributed by atoms with Crippen LogP contribution in [0, 0.1) is 0 Å². The molecule has 4 nitrogen and oxygen atoms in total. The number of nitrogens with two attached hydrogens (primary N) is 1. The molecule has 0 radical (unpaired) electrons. The molecule has 3 aromatic rings. The Morgan fingerprint density at radius 3 is 3.00 bits per heavy atom. The van der Waals surface area contributed by atoms with E-state index in [2.05, 4.69) is 16.8 Å². The summed E-state index contributed by atoms with van der Waals surface area (Å²) < 4.78 is 5.56. The number of furan rings is 1. The second kappa shape index (κ2) is 5.61. The highest BCUT2D eigenvalue weighted by atomic mass is 32.1. The van der Waals surface area contributed by atoms with Crippen LogP contribution in [0.1, 0.15) is 23.0 Å². The third kappa shape index (κ3) is 3.08. The molecule has 21 heavy (non-hydrogen) atoms. The SMILES string of the molecule is CC(Cc1ccsc1)NC(=O)c1cc2cc(N)ccc2o1. The number of anilines is 1. The summed E-state index contributed by atoms with van der Waals surface area (Å²) in [6.45, 7) is 1.98. The fraction of sp³-hybridized carbons (Fsp3) is 0.188. The standard InChI is InChI=1S/C16H16N2O2S/c1-10(6-11-4-5-21-9-11)18-16(19)15-8-12-7-13(17)2-3-14(12)20-15/h2-5,7-10H,6,17H2,1H3,(H,18,19). The predicted octanol–water partition coefficient (Wildman–Crippen LogP) is 3.44. The first-order valence-corrected chi connectivity index (χ1v) is 7.67. The number of thiophene rings is 1. The van der Waals surface area contributed by atoms with E-state index >= 15 is 0 Å². The molecule has 0 fully saturated rings. The van der Waals surface area contributed by atoms with Crippen LogP contribution in [0.5, 0.6) is 0 Å². The van der Waals surface area contributed by atoms with E-state index in [4.69, 9.17) is 10.2 Å². The Labute approximate surface area is 126 Å². The first-order chi connectivity index (χ1) is 10.1. The number of hydrogen-bond donors (Lipinski definition) is 2. The van der Waals surface area contributed by atoms with Gasteiger partial charge in [0.1, 0.15) is 5.58 Å². The number of nitrogens with one attached hydrogen (secondary N) is 1. The van der Waals surface area contributed by atoms with Gasteiger partial charge in [-0.1, -0.05) is 0 Å². The Balaban J connectivity index is 1.71. The van der Waals surface area contributed by atoms with Crippen LogP contribution in [0.4, 0.5) is 5.69 Å². The van der Waals surface area contributed by atoms with Crippen LogP contribution < -0.4 is 11.1 Å². The minimum Gasteiger partial charge on any atom is -0.451 e. The van der Waals surface area contributed by atoms with Crippen LogP contribution in [0.2, 0.25) is 0 Å². The molecule has 1 unspecified atom stereocenters. The van der Waals surface area contributed by atoms with Gasteiger partial charge in [0.15, 0.2) is 5.76 Å². The van der Waals surface area contributed by atoms with Gasteiger partial charge in [0.05, 0.1) is 0 Å². The molecular weight excluding hydrogens is 284 g/mol. The Morgan fingerprint density at radius 2 is 2.24 bits per heavy atom. The Morgan fingerprint density at radius 1 is 1.38 bits per heavy atom. The molecule has 2 heterocycles. The summed E-state index contributed by atoms with van der Waals surface area (Å²) in [6, 6.07) is 9.16. The van der Waals surface area contributed by atoms with Crippen molar-refractivity contribution in [3.8, 4) is 0 Å². The molecule has 0 aliphatic rings. The van der Waals surface area contributed by atoms with Crippen LogP contribution in [0.25, 0.3) is 11.0 Å². The molecule has 3 rings (SSSR count). The highest BCUT2D eigenvalue weighted by Crippen LogP contribution is 2.21. The first-order valence-electron chi connectivity index (χ1n) is 6.73. The van der Waals surface area contributed by atoms with Gasteiger partial charge < -0.3 is 15.5 Å². The van der Waals surface area contributed by atoms with Crippen LogP contribution in [0.15, 0.2) is 45.5 Å². The third-order valence-corrected chi connectivity index (χ3v) is 4.00. The largest absolute Gasteiger partial charge is 0.451 e. The van der Waals surface area contributed by atoms with Crippen molar-refractivity contribution < 1.29 is 9.21 Å². The van der Waals surface area contributed by atoms with Gasteiger partial charge >= 0.3 is 0 Å². The molecule has 1 atom stereocenters. The van der Waals surface area contributed by atoms with E-state index in [1.165, 1.54) is 5.56 Å². The zero-order chi connectivity index (χ0) is 14.8. The lowest BCUT2D eigenvalue weighted by Crippen LogP contribution is -2.33. The molecule has 108 valence electrons. The van der Waals surface area contributed by atoms with Gasteiger partial charge in [-0.15, -0.1) is 0 Å². The lowest BCUT2D eigenvalue weighted by Gasteiger charge is -2.11. The second-order valence-electron chi connectivity index (χ2n) is 5.12. The molecular formula is C16H16N2O2S. The summed E-state index contributed by atoms with van der Waals surface area (Å²) in [5.41, 5.74) is 8.27. The highest BCUT2D eigenvalue weighted by molar-refractivity contribution is 7.07. The number of amides is 1. The zero-order valence-electron chi connectivity index (χ0n) is 11.6. The molecule has 0 saturated heterocycles. The Hall–Kier alpha value is -2.27. The van der Waals surface area contributed by atoms with Gasteiger partial charge in [-0.05, 0) is 60.0 Å². The summed E-state index contributed by atoms with van der Waals surface area (Å²) in [5.74, 6) is 0.111. The van der Waals surface area contributed by atoms with Crippen molar-refractivity contribution in [3.63, 3.8) is 0 Å². The molecule has 0 aliphatic carbocycles. The maximum Gasteiger partial charge on any atom is 0.287 e. The van der Waals surface area contributed by atoms with Gasteiger partial charge in [-0.3, -0.25) is 4.79 Å². The fourth-order valence-electron chi connectivity index (χ4n) is 2.28. The highest BCUT2D eigenvalue weighted by Gasteiger charge is 2.15. The predicted molar refractivity (Wildman–Crippen MR) is 85.6 cm³/mol. The van der Waals surface area contributed by atoms with Gasteiger partial charge in [-0.25, -0.2) is 0 Å². The van der Waals surface area contributed by atoms with E-state index in [9.17, 15) is 4.79 Å². The van der Waals surface area contributed by atoms with Crippen LogP contribution in [-0.2, 0) is 6.42 Å². The van der Waals surface area contributed by atoms with Crippen LogP contribution >= 0.6 is 11.3 Å². The lowest BCUT2D eigenvalue weighted by atomic mass is 10.1. The first kappa shape index (κ1) is 13.7. The molecule has 0 bridgehead atoms. The quantitative estimate of drug-likeness (QED) is 0.725. The van der Waals surface area contributed by atoms with Crippen LogP contribution in [-0.4, -0.2) is 11.9 Å². The monoisotopic (exact) mass is 300 g/mol. The number of carbonyl (C=O) groups is 1. The summed E-state index contributed by atoms with van der Waals surface area (Å²) in [5, 5.41) is 7.91. The van der Waals surface area contributed by atoms with Gasteiger partial charge in [-0.2, -0.15) is 11.3 Å². The average molecular weight is 300 g/mol. The number of nitrogen functional groups attached to an aromatic ring is 1. The smallest absolute Gasteiger partial charge is 0.287 e. The van der Waals surface area contributed by atoms with Gasteiger partial charge in [0.25, 0.3) is 5.91 Å². The Bertz CT molecular complexity index is 762. The number of rotatable bonds is 4. The third-order valence-electron chi connectivity index (χ3n) is 3.26. The number of carbonyl (C=O) groups excluding carboxylic acids is 1. The maximum absolute atomic E-state index is 12.2. The van der Waals surface area contributed by atoms with Crippen molar-refractivity contribution in [2.45, 2.75) is 19.4 Å². The molecule has 0 aliphatic heterocycles. The van der Waals surface area contributed by atoms with Crippen molar-refractivity contribution in [2.75, 3.05) is 5.73 Å². The number of fused-ring (bicyclic) bond motifs is 1. The molecule has 3 N–H and O–H groups in total. The summed E-state index contributed by atoms with van der Waals surface area (Å²) in [6.07, 6.45) is 0.808. The average Bonchev–Trinajstić information content (AvgIpc) is 3.06. The summed E-state index contributed by atoms with van der Waals surface area (Å²) >= 11 is 1.66. The van der Waals surface area contributed by atoms with Gasteiger partial charge in [0, 0.05) is 17.1 Å². The van der Waals surface area contributed by atoms with Crippen molar-refractivity contribution in [1.82, 2.24) is 5.32 Å².